The third kappa shape index (κ3) is 5.51. The highest BCUT2D eigenvalue weighted by atomic mass is 35.5. The Hall–Kier alpha value is -1.95. The third-order valence-corrected chi connectivity index (χ3v) is 4.90. The number of morpholine rings is 1. The Kier molecular flexibility index (Phi) is 6.83. The number of carbonyl (C=O) groups excluding carboxylic acids is 1. The molecule has 2 aromatic carbocycles. The molecule has 7 heteroatoms. The van der Waals surface area contributed by atoms with Gasteiger partial charge in [0.25, 0.3) is 0 Å². The number of halogens is 2. The summed E-state index contributed by atoms with van der Waals surface area (Å²) in [7, 11) is 1.64. The quantitative estimate of drug-likeness (QED) is 0.800. The minimum absolute atomic E-state index is 0.0927. The van der Waals surface area contributed by atoms with Gasteiger partial charge in [0.05, 0.1) is 20.3 Å². The second kappa shape index (κ2) is 9.31. The molecule has 0 aromatic heterocycles. The van der Waals surface area contributed by atoms with Crippen LogP contribution >= 0.6 is 23.2 Å². The fraction of sp³-hybridized carbons (Fsp3) is 0.350. The van der Waals surface area contributed by atoms with E-state index in [9.17, 15) is 4.79 Å². The number of carbonyl (C=O) groups is 1. The molecule has 1 saturated heterocycles. The van der Waals surface area contributed by atoms with Crippen molar-refractivity contribution < 1.29 is 14.3 Å². The lowest BCUT2D eigenvalue weighted by Crippen LogP contribution is -2.47. The van der Waals surface area contributed by atoms with Crippen LogP contribution in [0, 0.1) is 0 Å². The average Bonchev–Trinajstić information content (AvgIpc) is 2.68. The van der Waals surface area contributed by atoms with E-state index in [0.29, 0.717) is 36.3 Å². The van der Waals surface area contributed by atoms with Crippen LogP contribution in [0.3, 0.4) is 0 Å². The molecule has 0 aliphatic carbocycles. The van der Waals surface area contributed by atoms with Gasteiger partial charge in [-0.2, -0.15) is 0 Å². The number of amides is 2. The number of nitrogens with zero attached hydrogens (tertiary/aromatic N) is 1. The summed E-state index contributed by atoms with van der Waals surface area (Å²) < 4.78 is 10.9. The van der Waals surface area contributed by atoms with Crippen molar-refractivity contribution in [2.75, 3.05) is 33.4 Å². The summed E-state index contributed by atoms with van der Waals surface area (Å²) in [5.41, 5.74) is 2.02. The monoisotopic (exact) mass is 408 g/mol. The van der Waals surface area contributed by atoms with Gasteiger partial charge < -0.3 is 19.7 Å². The van der Waals surface area contributed by atoms with Gasteiger partial charge in [-0.3, -0.25) is 0 Å². The molecule has 3 rings (SSSR count). The standard InChI is InChI=1S/C20H22Cl2N2O3/c1-26-18-4-2-14(3-5-18)6-7-23-20(25)24-8-9-27-19(13-24)15-10-16(21)12-17(22)11-15/h2-5,10-12,19H,6-9,13H2,1H3,(H,23,25). The molecule has 1 aliphatic rings. The molecule has 27 heavy (non-hydrogen) atoms. The summed E-state index contributed by atoms with van der Waals surface area (Å²) in [6.07, 6.45) is 0.523. The molecule has 0 spiro atoms. The predicted molar refractivity (Wildman–Crippen MR) is 107 cm³/mol. The Bertz CT molecular complexity index is 763. The highest BCUT2D eigenvalue weighted by Gasteiger charge is 2.25. The maximum atomic E-state index is 12.5. The maximum absolute atomic E-state index is 12.5. The summed E-state index contributed by atoms with van der Waals surface area (Å²) >= 11 is 12.1. The maximum Gasteiger partial charge on any atom is 0.317 e. The van der Waals surface area contributed by atoms with Crippen molar-refractivity contribution in [1.82, 2.24) is 10.2 Å². The van der Waals surface area contributed by atoms with Gasteiger partial charge in [0.1, 0.15) is 11.9 Å². The molecule has 0 saturated carbocycles. The number of rotatable bonds is 5. The van der Waals surface area contributed by atoms with Crippen molar-refractivity contribution in [3.63, 3.8) is 0 Å². The van der Waals surface area contributed by atoms with Crippen molar-refractivity contribution in [3.8, 4) is 5.75 Å². The van der Waals surface area contributed by atoms with Crippen molar-refractivity contribution in [3.05, 3.63) is 63.6 Å². The van der Waals surface area contributed by atoms with E-state index in [1.165, 1.54) is 0 Å². The van der Waals surface area contributed by atoms with Crippen LogP contribution in [-0.4, -0.2) is 44.3 Å². The Labute approximate surface area is 169 Å². The highest BCUT2D eigenvalue weighted by Crippen LogP contribution is 2.28. The minimum Gasteiger partial charge on any atom is -0.497 e. The zero-order valence-corrected chi connectivity index (χ0v) is 16.6. The first-order valence-electron chi connectivity index (χ1n) is 8.78. The molecule has 1 heterocycles. The van der Waals surface area contributed by atoms with Crippen molar-refractivity contribution in [2.24, 2.45) is 0 Å². The van der Waals surface area contributed by atoms with Crippen LogP contribution in [0.5, 0.6) is 5.75 Å². The topological polar surface area (TPSA) is 50.8 Å². The van der Waals surface area contributed by atoms with E-state index in [1.54, 1.807) is 18.1 Å². The lowest BCUT2D eigenvalue weighted by molar-refractivity contribution is -0.0153. The number of benzene rings is 2. The van der Waals surface area contributed by atoms with Gasteiger partial charge in [0, 0.05) is 23.1 Å². The van der Waals surface area contributed by atoms with Gasteiger partial charge >= 0.3 is 6.03 Å². The molecule has 5 nitrogen and oxygen atoms in total. The van der Waals surface area contributed by atoms with Crippen LogP contribution in [-0.2, 0) is 11.2 Å². The van der Waals surface area contributed by atoms with E-state index in [0.717, 1.165) is 23.3 Å². The van der Waals surface area contributed by atoms with Crippen LogP contribution in [0.25, 0.3) is 0 Å². The first-order valence-corrected chi connectivity index (χ1v) is 9.54. The van der Waals surface area contributed by atoms with Gasteiger partial charge in [0.2, 0.25) is 0 Å². The summed E-state index contributed by atoms with van der Waals surface area (Å²) in [5.74, 6) is 0.822. The van der Waals surface area contributed by atoms with E-state index in [4.69, 9.17) is 32.7 Å². The van der Waals surface area contributed by atoms with Crippen LogP contribution in [0.2, 0.25) is 10.0 Å². The Morgan fingerprint density at radius 3 is 2.59 bits per heavy atom. The number of nitrogens with one attached hydrogen (secondary N) is 1. The fourth-order valence-corrected chi connectivity index (χ4v) is 3.56. The zero-order valence-electron chi connectivity index (χ0n) is 15.1. The molecule has 2 amide bonds. The summed E-state index contributed by atoms with van der Waals surface area (Å²) in [5, 5.41) is 4.09. The first kappa shape index (κ1) is 19.8. The molecule has 1 atom stereocenters. The van der Waals surface area contributed by atoms with Crippen molar-refractivity contribution in [2.45, 2.75) is 12.5 Å². The molecule has 144 valence electrons. The molecular formula is C20H22Cl2N2O3. The summed E-state index contributed by atoms with van der Waals surface area (Å²) in [6.45, 7) is 2.06. The number of urea groups is 1. The summed E-state index contributed by atoms with van der Waals surface area (Å²) in [4.78, 5) is 14.2. The summed E-state index contributed by atoms with van der Waals surface area (Å²) in [6, 6.07) is 13.1. The Morgan fingerprint density at radius 1 is 1.22 bits per heavy atom. The molecule has 1 N–H and O–H groups in total. The molecule has 1 fully saturated rings. The van der Waals surface area contributed by atoms with Crippen molar-refractivity contribution in [1.29, 1.82) is 0 Å². The number of ether oxygens (including phenoxy) is 2. The Morgan fingerprint density at radius 2 is 1.93 bits per heavy atom. The lowest BCUT2D eigenvalue weighted by atomic mass is 10.1. The molecule has 2 aromatic rings. The van der Waals surface area contributed by atoms with Gasteiger partial charge in [-0.15, -0.1) is 0 Å². The largest absolute Gasteiger partial charge is 0.497 e. The second-order valence-electron chi connectivity index (χ2n) is 6.34. The van der Waals surface area contributed by atoms with Gasteiger partial charge in [-0.05, 0) is 47.9 Å². The van der Waals surface area contributed by atoms with E-state index < -0.39 is 0 Å². The molecule has 0 bridgehead atoms. The van der Waals surface area contributed by atoms with E-state index in [1.807, 2.05) is 36.4 Å². The number of hydrogen-bond donors (Lipinski definition) is 1. The minimum atomic E-state index is -0.234. The third-order valence-electron chi connectivity index (χ3n) is 4.46. The van der Waals surface area contributed by atoms with Gasteiger partial charge in [-0.1, -0.05) is 35.3 Å². The first-order chi connectivity index (χ1) is 13.0. The smallest absolute Gasteiger partial charge is 0.317 e. The Balaban J connectivity index is 1.51. The zero-order chi connectivity index (χ0) is 19.2. The van der Waals surface area contributed by atoms with E-state index in [2.05, 4.69) is 5.32 Å². The van der Waals surface area contributed by atoms with Crippen LogP contribution in [0.4, 0.5) is 4.79 Å². The highest BCUT2D eigenvalue weighted by molar-refractivity contribution is 6.34. The van der Waals surface area contributed by atoms with Gasteiger partial charge in [-0.25, -0.2) is 4.79 Å². The van der Waals surface area contributed by atoms with Crippen LogP contribution in [0.15, 0.2) is 42.5 Å². The van der Waals surface area contributed by atoms with Crippen LogP contribution in [0.1, 0.15) is 17.2 Å². The molecule has 1 aliphatic heterocycles. The average molecular weight is 409 g/mol. The number of methoxy groups -OCH3 is 1. The van der Waals surface area contributed by atoms with Crippen LogP contribution < -0.4 is 10.1 Å². The SMILES string of the molecule is COc1ccc(CCNC(=O)N2CCOC(c3cc(Cl)cc(Cl)c3)C2)cc1. The predicted octanol–water partition coefficient (Wildman–Crippen LogP) is 4.33. The molecule has 1 unspecified atom stereocenters. The van der Waals surface area contributed by atoms with E-state index >= 15 is 0 Å². The fourth-order valence-electron chi connectivity index (χ4n) is 3.01. The second-order valence-corrected chi connectivity index (χ2v) is 7.21. The lowest BCUT2D eigenvalue weighted by Gasteiger charge is -2.33. The van der Waals surface area contributed by atoms with E-state index in [-0.39, 0.29) is 12.1 Å². The molecular weight excluding hydrogens is 387 g/mol. The normalized spacial score (nSPS) is 16.9. The molecule has 0 radical (unpaired) electrons. The van der Waals surface area contributed by atoms with Crippen molar-refractivity contribution >= 4 is 29.2 Å². The number of hydrogen-bond acceptors (Lipinski definition) is 3. The van der Waals surface area contributed by atoms with Gasteiger partial charge in [0.15, 0.2) is 0 Å².